The first kappa shape index (κ1) is 17.8. The van der Waals surface area contributed by atoms with Gasteiger partial charge in [-0.3, -0.25) is 9.69 Å². The molecule has 0 unspecified atom stereocenters. The summed E-state index contributed by atoms with van der Waals surface area (Å²) in [6.07, 6.45) is 7.90. The fourth-order valence-electron chi connectivity index (χ4n) is 3.79. The minimum Gasteiger partial charge on any atom is -0.301 e. The zero-order valence-corrected chi connectivity index (χ0v) is 15.8. The Hall–Kier alpha value is -0.980. The molecule has 6 heteroatoms. The number of nitrogens with zero attached hydrogens (tertiary/aromatic N) is 3. The number of anilines is 1. The van der Waals surface area contributed by atoms with E-state index in [1.807, 2.05) is 13.8 Å². The molecule has 2 aliphatic heterocycles. The van der Waals surface area contributed by atoms with E-state index < -0.39 is 0 Å². The van der Waals surface area contributed by atoms with Crippen LogP contribution in [0, 0.1) is 13.8 Å². The molecule has 24 heavy (non-hydrogen) atoms. The van der Waals surface area contributed by atoms with E-state index in [0.717, 1.165) is 30.0 Å². The summed E-state index contributed by atoms with van der Waals surface area (Å²) < 4.78 is 0. The second-order valence-electron chi connectivity index (χ2n) is 7.17. The number of rotatable bonds is 4. The van der Waals surface area contributed by atoms with Crippen molar-refractivity contribution in [3.63, 3.8) is 0 Å². The highest BCUT2D eigenvalue weighted by atomic mass is 32.1. The lowest BCUT2D eigenvalue weighted by atomic mass is 10.0. The highest BCUT2D eigenvalue weighted by Crippen LogP contribution is 2.22. The predicted octanol–water partition coefficient (Wildman–Crippen LogP) is 3.04. The predicted molar refractivity (Wildman–Crippen MR) is 99.7 cm³/mol. The van der Waals surface area contributed by atoms with Crippen molar-refractivity contribution >= 4 is 22.4 Å². The third-order valence-corrected chi connectivity index (χ3v) is 6.34. The van der Waals surface area contributed by atoms with E-state index >= 15 is 0 Å². The molecular weight excluding hydrogens is 320 g/mol. The number of piperidine rings is 1. The van der Waals surface area contributed by atoms with Gasteiger partial charge in [-0.25, -0.2) is 4.98 Å². The maximum absolute atomic E-state index is 12.2. The SMILES string of the molecule is Cc1nc(NC(=O)CN2CCC(N3CCCCCC3)CC2)sc1C. The molecule has 3 heterocycles. The van der Waals surface area contributed by atoms with Gasteiger partial charge in [-0.2, -0.15) is 0 Å². The standard InChI is InChI=1S/C18H30N4OS/c1-14-15(2)24-18(19-14)20-17(23)13-21-11-7-16(8-12-21)22-9-5-3-4-6-10-22/h16H,3-13H2,1-2H3,(H,19,20,23). The summed E-state index contributed by atoms with van der Waals surface area (Å²) in [5.74, 6) is 0.0666. The molecule has 3 rings (SSSR count). The Bertz CT molecular complexity index is 524. The van der Waals surface area contributed by atoms with Crippen molar-refractivity contribution < 1.29 is 4.79 Å². The average Bonchev–Trinajstić information content (AvgIpc) is 2.77. The van der Waals surface area contributed by atoms with Gasteiger partial charge >= 0.3 is 0 Å². The minimum atomic E-state index is 0.0666. The van der Waals surface area contributed by atoms with Crippen molar-refractivity contribution in [2.45, 2.75) is 58.4 Å². The maximum atomic E-state index is 12.2. The number of likely N-dealkylation sites (tertiary alicyclic amines) is 2. The number of hydrogen-bond acceptors (Lipinski definition) is 5. The zero-order valence-electron chi connectivity index (χ0n) is 15.0. The topological polar surface area (TPSA) is 48.5 Å². The van der Waals surface area contributed by atoms with Gasteiger partial charge in [0, 0.05) is 24.0 Å². The fraction of sp³-hybridized carbons (Fsp3) is 0.778. The number of aryl methyl sites for hydroxylation is 2. The molecule has 1 aromatic heterocycles. The van der Waals surface area contributed by atoms with Crippen LogP contribution in [0.4, 0.5) is 5.13 Å². The highest BCUT2D eigenvalue weighted by Gasteiger charge is 2.26. The first-order valence-corrected chi connectivity index (χ1v) is 10.1. The molecule has 2 fully saturated rings. The van der Waals surface area contributed by atoms with Crippen LogP contribution in [0.2, 0.25) is 0 Å². The van der Waals surface area contributed by atoms with Crippen LogP contribution in [0.25, 0.3) is 0 Å². The normalized spacial score (nSPS) is 21.6. The van der Waals surface area contributed by atoms with Crippen LogP contribution in [-0.4, -0.2) is 59.5 Å². The molecule has 0 bridgehead atoms. The summed E-state index contributed by atoms with van der Waals surface area (Å²) >= 11 is 1.56. The third kappa shape index (κ3) is 4.77. The molecule has 0 atom stereocenters. The second-order valence-corrected chi connectivity index (χ2v) is 8.37. The van der Waals surface area contributed by atoms with Crippen molar-refractivity contribution in [3.05, 3.63) is 10.6 Å². The monoisotopic (exact) mass is 350 g/mol. The molecule has 1 amide bonds. The molecule has 2 saturated heterocycles. The minimum absolute atomic E-state index is 0.0666. The lowest BCUT2D eigenvalue weighted by molar-refractivity contribution is -0.117. The number of amides is 1. The van der Waals surface area contributed by atoms with E-state index in [-0.39, 0.29) is 5.91 Å². The zero-order chi connectivity index (χ0) is 16.9. The number of hydrogen-bond donors (Lipinski definition) is 1. The van der Waals surface area contributed by atoms with Gasteiger partial charge < -0.3 is 10.2 Å². The van der Waals surface area contributed by atoms with Crippen LogP contribution in [0.1, 0.15) is 49.1 Å². The summed E-state index contributed by atoms with van der Waals surface area (Å²) in [5.41, 5.74) is 1.01. The summed E-state index contributed by atoms with van der Waals surface area (Å²) in [6, 6.07) is 0.728. The smallest absolute Gasteiger partial charge is 0.240 e. The van der Waals surface area contributed by atoms with Crippen molar-refractivity contribution in [2.24, 2.45) is 0 Å². The van der Waals surface area contributed by atoms with E-state index in [0.29, 0.717) is 6.54 Å². The van der Waals surface area contributed by atoms with Crippen LogP contribution in [-0.2, 0) is 4.79 Å². The van der Waals surface area contributed by atoms with Gasteiger partial charge in [0.1, 0.15) is 0 Å². The van der Waals surface area contributed by atoms with Crippen LogP contribution >= 0.6 is 11.3 Å². The van der Waals surface area contributed by atoms with Crippen molar-refractivity contribution in [1.82, 2.24) is 14.8 Å². The molecule has 0 radical (unpaired) electrons. The number of carbonyl (C=O) groups excluding carboxylic acids is 1. The first-order valence-electron chi connectivity index (χ1n) is 9.32. The van der Waals surface area contributed by atoms with Crippen LogP contribution < -0.4 is 5.32 Å². The van der Waals surface area contributed by atoms with Crippen LogP contribution in [0.3, 0.4) is 0 Å². The van der Waals surface area contributed by atoms with Gasteiger partial charge in [-0.15, -0.1) is 11.3 Å². The first-order chi connectivity index (χ1) is 11.6. The molecule has 1 aromatic rings. The number of thiazole rings is 1. The van der Waals surface area contributed by atoms with Crippen molar-refractivity contribution in [2.75, 3.05) is 38.0 Å². The molecular formula is C18H30N4OS. The van der Waals surface area contributed by atoms with Gasteiger partial charge in [0.2, 0.25) is 5.91 Å². The average molecular weight is 351 g/mol. The Morgan fingerprint density at radius 3 is 2.38 bits per heavy atom. The van der Waals surface area contributed by atoms with Crippen LogP contribution in [0.5, 0.6) is 0 Å². The van der Waals surface area contributed by atoms with Crippen molar-refractivity contribution in [1.29, 1.82) is 0 Å². The number of nitrogens with one attached hydrogen (secondary N) is 1. The molecule has 134 valence electrons. The summed E-state index contributed by atoms with van der Waals surface area (Å²) in [7, 11) is 0. The van der Waals surface area contributed by atoms with Gasteiger partial charge in [0.05, 0.1) is 12.2 Å². The van der Waals surface area contributed by atoms with Crippen LogP contribution in [0.15, 0.2) is 0 Å². The summed E-state index contributed by atoms with van der Waals surface area (Å²) in [4.78, 5) is 22.8. The molecule has 0 aliphatic carbocycles. The molecule has 0 spiro atoms. The van der Waals surface area contributed by atoms with E-state index in [9.17, 15) is 4.79 Å². The Kier molecular flexibility index (Phi) is 6.25. The Morgan fingerprint density at radius 1 is 1.12 bits per heavy atom. The number of aromatic nitrogens is 1. The van der Waals surface area contributed by atoms with E-state index in [1.54, 1.807) is 11.3 Å². The quantitative estimate of drug-likeness (QED) is 0.907. The van der Waals surface area contributed by atoms with Crippen molar-refractivity contribution in [3.8, 4) is 0 Å². The summed E-state index contributed by atoms with van der Waals surface area (Å²) in [5, 5.41) is 3.68. The van der Waals surface area contributed by atoms with Gasteiger partial charge in [0.15, 0.2) is 5.13 Å². The molecule has 0 aromatic carbocycles. The molecule has 5 nitrogen and oxygen atoms in total. The molecule has 2 aliphatic rings. The van der Waals surface area contributed by atoms with Gasteiger partial charge in [0.25, 0.3) is 0 Å². The fourth-order valence-corrected chi connectivity index (χ4v) is 4.62. The largest absolute Gasteiger partial charge is 0.301 e. The van der Waals surface area contributed by atoms with E-state index in [2.05, 4.69) is 20.1 Å². The Labute approximate surface area is 149 Å². The maximum Gasteiger partial charge on any atom is 0.240 e. The summed E-state index contributed by atoms with van der Waals surface area (Å²) in [6.45, 7) is 9.12. The molecule has 0 saturated carbocycles. The third-order valence-electron chi connectivity index (χ3n) is 5.36. The van der Waals surface area contributed by atoms with Gasteiger partial charge in [-0.1, -0.05) is 12.8 Å². The Balaban J connectivity index is 1.42. The van der Waals surface area contributed by atoms with E-state index in [1.165, 1.54) is 56.5 Å². The van der Waals surface area contributed by atoms with E-state index in [4.69, 9.17) is 0 Å². The number of carbonyl (C=O) groups is 1. The highest BCUT2D eigenvalue weighted by molar-refractivity contribution is 7.15. The lowest BCUT2D eigenvalue weighted by Gasteiger charge is -2.37. The second kappa shape index (κ2) is 8.41. The lowest BCUT2D eigenvalue weighted by Crippen LogP contribution is -2.47. The Morgan fingerprint density at radius 2 is 1.79 bits per heavy atom. The molecule has 1 N–H and O–H groups in total. The van der Waals surface area contributed by atoms with Gasteiger partial charge in [-0.05, 0) is 52.6 Å².